The normalized spacial score (nSPS) is 40.6. The molecule has 0 N–H and O–H groups in total. The van der Waals surface area contributed by atoms with E-state index in [1.165, 1.54) is 0 Å². The van der Waals surface area contributed by atoms with Gasteiger partial charge in [-0.1, -0.05) is 6.58 Å². The number of carbonyl (C=O) groups excluding carboxylic acids is 1. The van der Waals surface area contributed by atoms with Crippen LogP contribution in [0.3, 0.4) is 0 Å². The molecule has 2 heteroatoms. The van der Waals surface area contributed by atoms with Crippen molar-refractivity contribution in [2.75, 3.05) is 7.11 Å². The van der Waals surface area contributed by atoms with Crippen molar-refractivity contribution in [3.63, 3.8) is 0 Å². The molecule has 0 heterocycles. The molecule has 0 bridgehead atoms. The van der Waals surface area contributed by atoms with E-state index in [0.717, 1.165) is 18.4 Å². The number of carbonyl (C=O) groups is 1. The van der Waals surface area contributed by atoms with Crippen molar-refractivity contribution in [2.45, 2.75) is 25.4 Å². The number of methoxy groups -OCH3 is 1. The molecule has 0 aliphatic heterocycles. The van der Waals surface area contributed by atoms with Gasteiger partial charge in [0.2, 0.25) is 0 Å². The first kappa shape index (κ1) is 7.99. The number of hydrogen-bond donors (Lipinski definition) is 0. The summed E-state index contributed by atoms with van der Waals surface area (Å²) in [6, 6.07) is 0. The Morgan fingerprint density at radius 3 is 2.83 bits per heavy atom. The Labute approximate surface area is 72.6 Å². The molecule has 0 amide bonds. The Balaban J connectivity index is 2.11. The molecule has 2 rings (SSSR count). The molecule has 2 aliphatic rings. The van der Waals surface area contributed by atoms with Crippen LogP contribution in [0, 0.1) is 11.8 Å². The molecule has 2 aliphatic carbocycles. The highest BCUT2D eigenvalue weighted by molar-refractivity contribution is 5.98. The summed E-state index contributed by atoms with van der Waals surface area (Å²) in [5, 5.41) is 0. The predicted octanol–water partition coefficient (Wildman–Crippen LogP) is 1.56. The minimum absolute atomic E-state index is 0.277. The van der Waals surface area contributed by atoms with Crippen molar-refractivity contribution in [1.82, 2.24) is 0 Å². The Hall–Kier alpha value is -0.630. The van der Waals surface area contributed by atoms with Crippen LogP contribution < -0.4 is 0 Å². The average Bonchev–Trinajstić information content (AvgIpc) is 2.55. The SMILES string of the molecule is C=C1C(=O)CC2CC(OC)CC12. The van der Waals surface area contributed by atoms with Gasteiger partial charge in [-0.05, 0) is 30.3 Å². The lowest BCUT2D eigenvalue weighted by atomic mass is 9.98. The summed E-state index contributed by atoms with van der Waals surface area (Å²) < 4.78 is 5.28. The summed E-state index contributed by atoms with van der Waals surface area (Å²) >= 11 is 0. The molecule has 0 spiro atoms. The van der Waals surface area contributed by atoms with Gasteiger partial charge in [0, 0.05) is 13.5 Å². The fourth-order valence-corrected chi connectivity index (χ4v) is 2.49. The van der Waals surface area contributed by atoms with Crippen LogP contribution in [0.5, 0.6) is 0 Å². The highest BCUT2D eigenvalue weighted by Crippen LogP contribution is 2.45. The van der Waals surface area contributed by atoms with Crippen molar-refractivity contribution in [2.24, 2.45) is 11.8 Å². The first-order chi connectivity index (χ1) is 5.72. The molecule has 66 valence electrons. The third kappa shape index (κ3) is 1.02. The monoisotopic (exact) mass is 166 g/mol. The molecule has 3 atom stereocenters. The molecule has 0 aromatic rings. The number of fused-ring (bicyclic) bond motifs is 1. The average molecular weight is 166 g/mol. The van der Waals surface area contributed by atoms with E-state index in [0.29, 0.717) is 24.4 Å². The van der Waals surface area contributed by atoms with E-state index in [-0.39, 0.29) is 5.78 Å². The summed E-state index contributed by atoms with van der Waals surface area (Å²) in [5.41, 5.74) is 0.847. The molecule has 12 heavy (non-hydrogen) atoms. The maximum atomic E-state index is 11.2. The summed E-state index contributed by atoms with van der Waals surface area (Å²) in [4.78, 5) is 11.2. The van der Waals surface area contributed by atoms with Gasteiger partial charge in [0.05, 0.1) is 6.10 Å². The van der Waals surface area contributed by atoms with Crippen LogP contribution in [-0.4, -0.2) is 19.0 Å². The number of hydrogen-bond acceptors (Lipinski definition) is 2. The van der Waals surface area contributed by atoms with E-state index in [4.69, 9.17) is 4.74 Å². The number of rotatable bonds is 1. The maximum absolute atomic E-state index is 11.2. The minimum atomic E-state index is 0.277. The van der Waals surface area contributed by atoms with Crippen LogP contribution in [0.2, 0.25) is 0 Å². The fraction of sp³-hybridized carbons (Fsp3) is 0.700. The third-order valence-electron chi connectivity index (χ3n) is 3.24. The molecule has 3 unspecified atom stereocenters. The number of Topliss-reactive ketones (excluding diaryl/α,β-unsaturated/α-hetero) is 1. The van der Waals surface area contributed by atoms with Crippen molar-refractivity contribution < 1.29 is 9.53 Å². The molecule has 2 nitrogen and oxygen atoms in total. The summed E-state index contributed by atoms with van der Waals surface area (Å²) in [6.45, 7) is 3.84. The Bertz CT molecular complexity index is 232. The Morgan fingerprint density at radius 1 is 1.50 bits per heavy atom. The van der Waals surface area contributed by atoms with Gasteiger partial charge in [-0.2, -0.15) is 0 Å². The van der Waals surface area contributed by atoms with Crippen molar-refractivity contribution in [3.05, 3.63) is 12.2 Å². The zero-order valence-corrected chi connectivity index (χ0v) is 7.38. The van der Waals surface area contributed by atoms with E-state index >= 15 is 0 Å². The van der Waals surface area contributed by atoms with E-state index in [9.17, 15) is 4.79 Å². The topological polar surface area (TPSA) is 26.3 Å². The lowest BCUT2D eigenvalue weighted by molar-refractivity contribution is -0.115. The van der Waals surface area contributed by atoms with E-state index < -0.39 is 0 Å². The highest BCUT2D eigenvalue weighted by atomic mass is 16.5. The highest BCUT2D eigenvalue weighted by Gasteiger charge is 2.43. The number of ketones is 1. The van der Waals surface area contributed by atoms with Gasteiger partial charge in [-0.15, -0.1) is 0 Å². The Kier molecular flexibility index (Phi) is 1.80. The lowest BCUT2D eigenvalue weighted by Gasteiger charge is -2.07. The van der Waals surface area contributed by atoms with Crippen LogP contribution in [0.4, 0.5) is 0 Å². The lowest BCUT2D eigenvalue weighted by Crippen LogP contribution is -2.08. The summed E-state index contributed by atoms with van der Waals surface area (Å²) in [5.74, 6) is 1.25. The van der Waals surface area contributed by atoms with Crippen LogP contribution in [0.1, 0.15) is 19.3 Å². The molecular weight excluding hydrogens is 152 g/mol. The quantitative estimate of drug-likeness (QED) is 0.552. The molecule has 2 saturated carbocycles. The van der Waals surface area contributed by atoms with Gasteiger partial charge < -0.3 is 4.74 Å². The molecule has 0 saturated heterocycles. The van der Waals surface area contributed by atoms with Gasteiger partial charge in [0.15, 0.2) is 5.78 Å². The van der Waals surface area contributed by atoms with Gasteiger partial charge >= 0.3 is 0 Å². The second-order valence-corrected chi connectivity index (χ2v) is 3.85. The maximum Gasteiger partial charge on any atom is 0.158 e. The van der Waals surface area contributed by atoms with Crippen LogP contribution in [-0.2, 0) is 9.53 Å². The Morgan fingerprint density at radius 2 is 2.25 bits per heavy atom. The molecule has 0 aromatic heterocycles. The van der Waals surface area contributed by atoms with E-state index in [2.05, 4.69) is 6.58 Å². The minimum Gasteiger partial charge on any atom is -0.381 e. The first-order valence-corrected chi connectivity index (χ1v) is 4.47. The van der Waals surface area contributed by atoms with E-state index in [1.54, 1.807) is 7.11 Å². The number of allylic oxidation sites excluding steroid dienone is 1. The summed E-state index contributed by atoms with van der Waals surface area (Å²) in [7, 11) is 1.75. The van der Waals surface area contributed by atoms with Gasteiger partial charge in [0.25, 0.3) is 0 Å². The van der Waals surface area contributed by atoms with Gasteiger partial charge in [0.1, 0.15) is 0 Å². The molecule has 0 radical (unpaired) electrons. The van der Waals surface area contributed by atoms with Gasteiger partial charge in [-0.3, -0.25) is 4.79 Å². The van der Waals surface area contributed by atoms with Gasteiger partial charge in [-0.25, -0.2) is 0 Å². The second kappa shape index (κ2) is 2.70. The zero-order chi connectivity index (χ0) is 8.72. The second-order valence-electron chi connectivity index (χ2n) is 3.85. The molecule has 2 fully saturated rings. The van der Waals surface area contributed by atoms with Crippen molar-refractivity contribution in [1.29, 1.82) is 0 Å². The standard InChI is InChI=1S/C10H14O2/c1-6-9-5-8(12-2)3-7(9)4-10(6)11/h7-9H,1,3-5H2,2H3. The predicted molar refractivity (Wildman–Crippen MR) is 45.8 cm³/mol. The fourth-order valence-electron chi connectivity index (χ4n) is 2.49. The van der Waals surface area contributed by atoms with Crippen molar-refractivity contribution >= 4 is 5.78 Å². The van der Waals surface area contributed by atoms with Crippen LogP contribution in [0.15, 0.2) is 12.2 Å². The number of ether oxygens (including phenoxy) is 1. The van der Waals surface area contributed by atoms with E-state index in [1.807, 2.05) is 0 Å². The third-order valence-corrected chi connectivity index (χ3v) is 3.24. The zero-order valence-electron chi connectivity index (χ0n) is 7.38. The molecular formula is C10H14O2. The van der Waals surface area contributed by atoms with Crippen LogP contribution >= 0.6 is 0 Å². The van der Waals surface area contributed by atoms with Crippen molar-refractivity contribution in [3.8, 4) is 0 Å². The largest absolute Gasteiger partial charge is 0.381 e. The van der Waals surface area contributed by atoms with Crippen LogP contribution in [0.25, 0.3) is 0 Å². The first-order valence-electron chi connectivity index (χ1n) is 4.47. The molecule has 0 aromatic carbocycles. The summed E-state index contributed by atoms with van der Waals surface area (Å²) in [6.07, 6.45) is 3.13. The smallest absolute Gasteiger partial charge is 0.158 e.